The van der Waals surface area contributed by atoms with Crippen LogP contribution in [0, 0.1) is 0 Å². The number of carbonyl (C=O) groups is 1. The second-order valence-electron chi connectivity index (χ2n) is 13.7. The predicted octanol–water partition coefficient (Wildman–Crippen LogP) is 13.5. The summed E-state index contributed by atoms with van der Waals surface area (Å²) in [6.07, 6.45) is 33.0. The van der Waals surface area contributed by atoms with Gasteiger partial charge in [-0.2, -0.15) is 0 Å². The lowest BCUT2D eigenvalue weighted by Gasteiger charge is -2.22. The van der Waals surface area contributed by atoms with Crippen molar-refractivity contribution in [1.29, 1.82) is 0 Å². The molecule has 0 aromatic carbocycles. The third kappa shape index (κ3) is 31.1. The van der Waals surface area contributed by atoms with Gasteiger partial charge in [-0.25, -0.2) is 4.98 Å². The molecule has 1 aromatic heterocycles. The molecule has 0 saturated heterocycles. The number of rotatable bonds is 37. The number of pyridine rings is 1. The highest BCUT2D eigenvalue weighted by molar-refractivity contribution is 8.76. The van der Waals surface area contributed by atoms with Crippen molar-refractivity contribution in [1.82, 2.24) is 9.88 Å². The first-order valence-corrected chi connectivity index (χ1v) is 22.6. The van der Waals surface area contributed by atoms with E-state index in [0.717, 1.165) is 56.8 Å². The second kappa shape index (κ2) is 36.4. The van der Waals surface area contributed by atoms with Crippen LogP contribution in [0.4, 0.5) is 0 Å². The van der Waals surface area contributed by atoms with Crippen LogP contribution in [0.3, 0.4) is 0 Å². The van der Waals surface area contributed by atoms with Crippen molar-refractivity contribution in [2.75, 3.05) is 31.9 Å². The molecule has 7 nitrogen and oxygen atoms in total. The fraction of sp³-hybridized carbons (Fsp3) is 0.850. The lowest BCUT2D eigenvalue weighted by molar-refractivity contribution is -0.150. The maximum Gasteiger partial charge on any atom is 0.306 e. The van der Waals surface area contributed by atoms with Gasteiger partial charge in [0.1, 0.15) is 11.1 Å². The van der Waals surface area contributed by atoms with Crippen LogP contribution in [-0.2, 0) is 9.53 Å². The molecule has 0 spiro atoms. The van der Waals surface area contributed by atoms with Crippen LogP contribution < -0.4 is 0 Å². The molecule has 0 bridgehead atoms. The number of hydrogen-bond donors (Lipinski definition) is 0. The summed E-state index contributed by atoms with van der Waals surface area (Å²) in [5, 5.41) is 4.83. The topological polar surface area (TPSA) is 91.2 Å². The fourth-order valence-electron chi connectivity index (χ4n) is 6.22. The first-order valence-electron chi connectivity index (χ1n) is 20.3. The van der Waals surface area contributed by atoms with Crippen LogP contribution in [0.1, 0.15) is 181 Å². The molecule has 282 valence electrons. The maximum atomic E-state index is 12.7. The number of ether oxygens (including phenoxy) is 1. The molecular formula is C40H73N5O2S2. The van der Waals surface area contributed by atoms with Gasteiger partial charge in [-0.3, -0.25) is 4.79 Å². The first-order chi connectivity index (χ1) is 24.2. The van der Waals surface area contributed by atoms with E-state index in [9.17, 15) is 4.79 Å². The highest BCUT2D eigenvalue weighted by Crippen LogP contribution is 2.30. The molecule has 0 radical (unpaired) electrons. The lowest BCUT2D eigenvalue weighted by atomic mass is 10.0. The Kier molecular flexibility index (Phi) is 33.9. The molecule has 9 heteroatoms. The zero-order valence-electron chi connectivity index (χ0n) is 31.7. The van der Waals surface area contributed by atoms with Gasteiger partial charge in [0.2, 0.25) is 0 Å². The highest BCUT2D eigenvalue weighted by atomic mass is 33.1. The van der Waals surface area contributed by atoms with Crippen LogP contribution in [0.5, 0.6) is 0 Å². The van der Waals surface area contributed by atoms with Crippen molar-refractivity contribution in [3.05, 3.63) is 34.8 Å². The summed E-state index contributed by atoms with van der Waals surface area (Å²) in [6.45, 7) is 8.35. The van der Waals surface area contributed by atoms with Crippen LogP contribution in [-0.4, -0.2) is 53.9 Å². The molecule has 0 amide bonds. The van der Waals surface area contributed by atoms with Crippen molar-refractivity contribution in [3.8, 4) is 0 Å². The third-order valence-corrected chi connectivity index (χ3v) is 11.5. The number of aromatic nitrogens is 1. The van der Waals surface area contributed by atoms with Gasteiger partial charge in [-0.15, -0.1) is 0 Å². The summed E-state index contributed by atoms with van der Waals surface area (Å²) in [4.78, 5) is 22.6. The monoisotopic (exact) mass is 720 g/mol. The molecule has 1 heterocycles. The van der Waals surface area contributed by atoms with Crippen LogP contribution in [0.15, 0.2) is 34.5 Å². The average Bonchev–Trinajstić information content (AvgIpc) is 3.11. The van der Waals surface area contributed by atoms with Gasteiger partial charge in [0.25, 0.3) is 0 Å². The zero-order valence-corrected chi connectivity index (χ0v) is 33.3. The quantitative estimate of drug-likeness (QED) is 0.0170. The Morgan fingerprint density at radius 2 is 1.31 bits per heavy atom. The molecule has 0 aliphatic rings. The number of nitrogens with zero attached hydrogens (tertiary/aromatic N) is 5. The van der Waals surface area contributed by atoms with Crippen molar-refractivity contribution >= 4 is 27.6 Å². The molecule has 0 aliphatic heterocycles. The van der Waals surface area contributed by atoms with E-state index < -0.39 is 0 Å². The Balaban J connectivity index is 2.20. The van der Waals surface area contributed by atoms with Gasteiger partial charge >= 0.3 is 5.97 Å². The predicted molar refractivity (Wildman–Crippen MR) is 214 cm³/mol. The molecule has 0 atom stereocenters. The fourth-order valence-corrected chi connectivity index (χ4v) is 8.24. The van der Waals surface area contributed by atoms with Crippen LogP contribution >= 0.6 is 21.6 Å². The Morgan fingerprint density at radius 3 is 1.90 bits per heavy atom. The Bertz CT molecular complexity index is 888. The Morgan fingerprint density at radius 1 is 0.755 bits per heavy atom. The molecule has 0 N–H and O–H groups in total. The van der Waals surface area contributed by atoms with Crippen LogP contribution in [0.25, 0.3) is 10.4 Å². The average molecular weight is 720 g/mol. The van der Waals surface area contributed by atoms with Gasteiger partial charge in [0, 0.05) is 29.8 Å². The SMILES string of the molecule is CCCCCCCCC(CCCCCCCC)OC(=O)CCCCCCCN(CCCCCCCSSc1ccccn1)CCCN=[N+]=[N-]. The summed E-state index contributed by atoms with van der Waals surface area (Å²) in [5.41, 5.74) is 8.63. The summed E-state index contributed by atoms with van der Waals surface area (Å²) in [7, 11) is 3.68. The van der Waals surface area contributed by atoms with Gasteiger partial charge in [-0.05, 0) is 106 Å². The summed E-state index contributed by atoms with van der Waals surface area (Å²) >= 11 is 0. The minimum Gasteiger partial charge on any atom is -0.462 e. The molecule has 1 rings (SSSR count). The van der Waals surface area contributed by atoms with Gasteiger partial charge < -0.3 is 9.64 Å². The van der Waals surface area contributed by atoms with E-state index in [1.807, 2.05) is 29.1 Å². The molecule has 0 aliphatic carbocycles. The number of azide groups is 1. The lowest BCUT2D eigenvalue weighted by Crippen LogP contribution is -2.27. The Hall–Kier alpha value is -1.41. The standard InChI is InChI=1S/C40H73N5O2S2/c1-3-5-7-9-13-19-28-38(29-20-14-10-8-6-4-2)47-40(46)31-21-15-11-16-24-34-45(36-27-33-43-44-41)35-25-17-12-18-26-37-48-49-39-30-22-23-32-42-39/h22-23,30,32,38H,3-21,24-29,31,33-37H2,1-2H3. The normalized spacial score (nSPS) is 11.3. The molecule has 0 fully saturated rings. The van der Waals surface area contributed by atoms with E-state index >= 15 is 0 Å². The van der Waals surface area contributed by atoms with Crippen molar-refractivity contribution in [3.63, 3.8) is 0 Å². The molecule has 49 heavy (non-hydrogen) atoms. The van der Waals surface area contributed by atoms with Crippen molar-refractivity contribution < 1.29 is 9.53 Å². The molecule has 0 unspecified atom stereocenters. The minimum absolute atomic E-state index is 0.0234. The van der Waals surface area contributed by atoms with E-state index in [4.69, 9.17) is 10.3 Å². The second-order valence-corrected chi connectivity index (χ2v) is 16.2. The largest absolute Gasteiger partial charge is 0.462 e. The van der Waals surface area contributed by atoms with E-state index in [2.05, 4.69) is 39.8 Å². The maximum absolute atomic E-state index is 12.7. The van der Waals surface area contributed by atoms with E-state index in [0.29, 0.717) is 13.0 Å². The Labute approximate surface area is 309 Å². The van der Waals surface area contributed by atoms with Crippen molar-refractivity contribution in [2.24, 2.45) is 5.11 Å². The number of esters is 1. The first kappa shape index (κ1) is 45.6. The summed E-state index contributed by atoms with van der Waals surface area (Å²) < 4.78 is 6.04. The van der Waals surface area contributed by atoms with Gasteiger partial charge in [0.05, 0.1) is 0 Å². The highest BCUT2D eigenvalue weighted by Gasteiger charge is 2.14. The molecule has 1 aromatic rings. The third-order valence-electron chi connectivity index (χ3n) is 9.19. The number of unbranched alkanes of at least 4 members (excludes halogenated alkanes) is 18. The van der Waals surface area contributed by atoms with Crippen LogP contribution in [0.2, 0.25) is 0 Å². The summed E-state index contributed by atoms with van der Waals surface area (Å²) in [5.74, 6) is 1.20. The smallest absolute Gasteiger partial charge is 0.306 e. The summed E-state index contributed by atoms with van der Waals surface area (Å²) in [6, 6.07) is 6.07. The van der Waals surface area contributed by atoms with Crippen molar-refractivity contribution in [2.45, 2.75) is 192 Å². The van der Waals surface area contributed by atoms with Gasteiger partial charge in [0.15, 0.2) is 0 Å². The number of hydrogen-bond acceptors (Lipinski definition) is 7. The van der Waals surface area contributed by atoms with E-state index in [1.165, 1.54) is 134 Å². The number of carbonyl (C=O) groups excluding carboxylic acids is 1. The van der Waals surface area contributed by atoms with E-state index in [1.54, 1.807) is 10.8 Å². The molecule has 0 saturated carbocycles. The molecular weight excluding hydrogens is 647 g/mol. The zero-order chi connectivity index (χ0) is 35.3. The van der Waals surface area contributed by atoms with E-state index in [-0.39, 0.29) is 12.1 Å². The van der Waals surface area contributed by atoms with Gasteiger partial charge in [-0.1, -0.05) is 139 Å². The minimum atomic E-state index is 0.0234.